The quantitative estimate of drug-likeness (QED) is 0.858. The zero-order chi connectivity index (χ0) is 13.7. The molecular formula is C14H13FN2O2. The Labute approximate surface area is 110 Å². The monoisotopic (exact) mass is 260 g/mol. The van der Waals surface area contributed by atoms with Crippen molar-refractivity contribution < 1.29 is 13.9 Å². The van der Waals surface area contributed by atoms with Gasteiger partial charge in [0.15, 0.2) is 0 Å². The summed E-state index contributed by atoms with van der Waals surface area (Å²) in [7, 11) is 1.26. The number of rotatable bonds is 4. The van der Waals surface area contributed by atoms with Gasteiger partial charge in [-0.2, -0.15) is 0 Å². The maximum Gasteiger partial charge on any atom is 0.337 e. The molecule has 0 saturated heterocycles. The highest BCUT2D eigenvalue weighted by atomic mass is 19.1. The second kappa shape index (κ2) is 5.95. The van der Waals surface area contributed by atoms with E-state index in [0.717, 1.165) is 5.69 Å². The lowest BCUT2D eigenvalue weighted by Gasteiger charge is -2.08. The molecule has 0 fully saturated rings. The van der Waals surface area contributed by atoms with Crippen LogP contribution in [-0.4, -0.2) is 18.1 Å². The minimum atomic E-state index is -0.550. The van der Waals surface area contributed by atoms with Gasteiger partial charge in [-0.25, -0.2) is 9.18 Å². The van der Waals surface area contributed by atoms with Crippen molar-refractivity contribution in [2.45, 2.75) is 6.54 Å². The van der Waals surface area contributed by atoms with Gasteiger partial charge in [-0.1, -0.05) is 6.07 Å². The Balaban J connectivity index is 2.07. The number of halogens is 1. The fourth-order valence-electron chi connectivity index (χ4n) is 1.60. The van der Waals surface area contributed by atoms with Crippen LogP contribution in [0.1, 0.15) is 15.9 Å². The van der Waals surface area contributed by atoms with E-state index >= 15 is 0 Å². The average Bonchev–Trinajstić information content (AvgIpc) is 2.46. The number of anilines is 1. The summed E-state index contributed by atoms with van der Waals surface area (Å²) >= 11 is 0. The highest BCUT2D eigenvalue weighted by Gasteiger charge is 2.09. The van der Waals surface area contributed by atoms with Gasteiger partial charge < -0.3 is 10.1 Å². The van der Waals surface area contributed by atoms with Crippen LogP contribution in [-0.2, 0) is 11.3 Å². The van der Waals surface area contributed by atoms with Gasteiger partial charge in [0.05, 0.1) is 18.4 Å². The molecule has 0 aliphatic heterocycles. The Morgan fingerprint density at radius 1 is 1.42 bits per heavy atom. The molecule has 2 rings (SSSR count). The molecule has 0 spiro atoms. The van der Waals surface area contributed by atoms with Gasteiger partial charge >= 0.3 is 5.97 Å². The smallest absolute Gasteiger partial charge is 0.337 e. The molecule has 0 amide bonds. The number of hydrogen-bond donors (Lipinski definition) is 1. The second-order valence-corrected chi connectivity index (χ2v) is 3.89. The Hall–Kier alpha value is -2.43. The SMILES string of the molecule is COC(=O)c1ccc(CNc2cccnc2)c(F)c1. The molecule has 5 heteroatoms. The molecule has 1 heterocycles. The number of hydrogen-bond acceptors (Lipinski definition) is 4. The van der Waals surface area contributed by atoms with Gasteiger partial charge in [0.1, 0.15) is 5.82 Å². The molecule has 1 N–H and O–H groups in total. The molecule has 0 aliphatic carbocycles. The van der Waals surface area contributed by atoms with Crippen molar-refractivity contribution in [3.63, 3.8) is 0 Å². The average molecular weight is 260 g/mol. The topological polar surface area (TPSA) is 51.2 Å². The number of aromatic nitrogens is 1. The summed E-state index contributed by atoms with van der Waals surface area (Å²) in [5.74, 6) is -0.995. The number of nitrogens with one attached hydrogen (secondary N) is 1. The molecule has 98 valence electrons. The molecule has 0 aliphatic rings. The first-order valence-corrected chi connectivity index (χ1v) is 5.71. The highest BCUT2D eigenvalue weighted by Crippen LogP contribution is 2.13. The van der Waals surface area contributed by atoms with E-state index < -0.39 is 11.8 Å². The summed E-state index contributed by atoms with van der Waals surface area (Å²) in [6.07, 6.45) is 3.32. The standard InChI is InChI=1S/C14H13FN2O2/c1-19-14(18)10-4-5-11(13(15)7-10)8-17-12-3-2-6-16-9-12/h2-7,9,17H,8H2,1H3. The van der Waals surface area contributed by atoms with Crippen LogP contribution in [0.5, 0.6) is 0 Å². The summed E-state index contributed by atoms with van der Waals surface area (Å²) in [6, 6.07) is 7.90. The molecule has 0 saturated carbocycles. The maximum absolute atomic E-state index is 13.8. The van der Waals surface area contributed by atoms with E-state index in [1.807, 2.05) is 6.07 Å². The number of pyridine rings is 1. The normalized spacial score (nSPS) is 10.0. The third-order valence-corrected chi connectivity index (χ3v) is 2.62. The van der Waals surface area contributed by atoms with Crippen molar-refractivity contribution in [3.8, 4) is 0 Å². The number of carbonyl (C=O) groups excluding carboxylic acids is 1. The van der Waals surface area contributed by atoms with E-state index in [2.05, 4.69) is 15.0 Å². The van der Waals surface area contributed by atoms with Crippen LogP contribution in [0.25, 0.3) is 0 Å². The molecular weight excluding hydrogens is 247 g/mol. The van der Waals surface area contributed by atoms with E-state index in [9.17, 15) is 9.18 Å². The minimum absolute atomic E-state index is 0.199. The second-order valence-electron chi connectivity index (χ2n) is 3.89. The van der Waals surface area contributed by atoms with Crippen molar-refractivity contribution in [1.29, 1.82) is 0 Å². The van der Waals surface area contributed by atoms with Crippen molar-refractivity contribution in [2.24, 2.45) is 0 Å². The van der Waals surface area contributed by atoms with E-state index in [0.29, 0.717) is 12.1 Å². The number of methoxy groups -OCH3 is 1. The Morgan fingerprint density at radius 2 is 2.26 bits per heavy atom. The van der Waals surface area contributed by atoms with E-state index in [1.165, 1.54) is 19.2 Å². The predicted octanol–water partition coefficient (Wildman–Crippen LogP) is 2.62. The first-order valence-electron chi connectivity index (χ1n) is 5.71. The summed E-state index contributed by atoms with van der Waals surface area (Å²) in [5.41, 5.74) is 1.47. The fourth-order valence-corrected chi connectivity index (χ4v) is 1.60. The summed E-state index contributed by atoms with van der Waals surface area (Å²) in [4.78, 5) is 15.2. The van der Waals surface area contributed by atoms with Crippen LogP contribution in [0.15, 0.2) is 42.7 Å². The van der Waals surface area contributed by atoms with Gasteiger partial charge in [0.25, 0.3) is 0 Å². The highest BCUT2D eigenvalue weighted by molar-refractivity contribution is 5.89. The van der Waals surface area contributed by atoms with Crippen LogP contribution < -0.4 is 5.32 Å². The first kappa shape index (κ1) is 13.0. The molecule has 4 nitrogen and oxygen atoms in total. The van der Waals surface area contributed by atoms with Crippen molar-refractivity contribution in [2.75, 3.05) is 12.4 Å². The summed E-state index contributed by atoms with van der Waals surface area (Å²) in [5, 5.41) is 3.05. The number of nitrogens with zero attached hydrogens (tertiary/aromatic N) is 1. The first-order chi connectivity index (χ1) is 9.20. The molecule has 0 radical (unpaired) electrons. The largest absolute Gasteiger partial charge is 0.465 e. The van der Waals surface area contributed by atoms with Gasteiger partial charge in [0, 0.05) is 24.5 Å². The van der Waals surface area contributed by atoms with Crippen LogP contribution in [0.4, 0.5) is 10.1 Å². The minimum Gasteiger partial charge on any atom is -0.465 e. The molecule has 19 heavy (non-hydrogen) atoms. The van der Waals surface area contributed by atoms with E-state index in [1.54, 1.807) is 24.5 Å². The molecule has 1 aromatic carbocycles. The number of esters is 1. The van der Waals surface area contributed by atoms with Crippen LogP contribution >= 0.6 is 0 Å². The molecule has 2 aromatic rings. The van der Waals surface area contributed by atoms with Gasteiger partial charge in [-0.05, 0) is 24.3 Å². The summed E-state index contributed by atoms with van der Waals surface area (Å²) in [6.45, 7) is 0.318. The number of ether oxygens (including phenoxy) is 1. The fraction of sp³-hybridized carbons (Fsp3) is 0.143. The Bertz CT molecular complexity index is 573. The van der Waals surface area contributed by atoms with Gasteiger partial charge in [-0.3, -0.25) is 4.98 Å². The lowest BCUT2D eigenvalue weighted by Crippen LogP contribution is -2.05. The third kappa shape index (κ3) is 3.28. The molecule has 0 atom stereocenters. The zero-order valence-corrected chi connectivity index (χ0v) is 10.4. The maximum atomic E-state index is 13.8. The van der Waals surface area contributed by atoms with Crippen molar-refractivity contribution >= 4 is 11.7 Å². The van der Waals surface area contributed by atoms with Gasteiger partial charge in [-0.15, -0.1) is 0 Å². The van der Waals surface area contributed by atoms with Crippen molar-refractivity contribution in [1.82, 2.24) is 4.98 Å². The van der Waals surface area contributed by atoms with E-state index in [4.69, 9.17) is 0 Å². The lowest BCUT2D eigenvalue weighted by molar-refractivity contribution is 0.0600. The number of carbonyl (C=O) groups is 1. The van der Waals surface area contributed by atoms with Gasteiger partial charge in [0.2, 0.25) is 0 Å². The molecule has 0 unspecified atom stereocenters. The van der Waals surface area contributed by atoms with Crippen LogP contribution in [0.3, 0.4) is 0 Å². The van der Waals surface area contributed by atoms with E-state index in [-0.39, 0.29) is 5.56 Å². The Morgan fingerprint density at radius 3 is 2.89 bits per heavy atom. The molecule has 0 bridgehead atoms. The zero-order valence-electron chi connectivity index (χ0n) is 10.4. The van der Waals surface area contributed by atoms with Crippen LogP contribution in [0, 0.1) is 5.82 Å². The van der Waals surface area contributed by atoms with Crippen molar-refractivity contribution in [3.05, 3.63) is 59.7 Å². The Kier molecular flexibility index (Phi) is 4.07. The predicted molar refractivity (Wildman–Crippen MR) is 69.3 cm³/mol. The lowest BCUT2D eigenvalue weighted by atomic mass is 10.1. The van der Waals surface area contributed by atoms with Crippen LogP contribution in [0.2, 0.25) is 0 Å². The number of benzene rings is 1. The summed E-state index contributed by atoms with van der Waals surface area (Å²) < 4.78 is 18.3. The third-order valence-electron chi connectivity index (χ3n) is 2.62. The molecule has 1 aromatic heterocycles.